The lowest BCUT2D eigenvalue weighted by Gasteiger charge is -2.08. The summed E-state index contributed by atoms with van der Waals surface area (Å²) in [7, 11) is 0. The second-order valence-corrected chi connectivity index (χ2v) is 3.37. The molecule has 0 saturated carbocycles. The second-order valence-electron chi connectivity index (χ2n) is 3.37. The maximum atomic E-state index is 5.65. The zero-order valence-corrected chi connectivity index (χ0v) is 8.07. The minimum atomic E-state index is 0.232. The summed E-state index contributed by atoms with van der Waals surface area (Å²) < 4.78 is 16.1. The Kier molecular flexibility index (Phi) is 3.18. The van der Waals surface area contributed by atoms with Crippen molar-refractivity contribution in [3.8, 4) is 0 Å². The number of hydrogen-bond acceptors (Lipinski definition) is 4. The van der Waals surface area contributed by atoms with Gasteiger partial charge in [0.05, 0.1) is 32.1 Å². The van der Waals surface area contributed by atoms with E-state index in [1.807, 2.05) is 6.07 Å². The minimum Gasteiger partial charge on any atom is -0.468 e. The van der Waals surface area contributed by atoms with Gasteiger partial charge in [-0.25, -0.2) is 0 Å². The van der Waals surface area contributed by atoms with Gasteiger partial charge in [0.2, 0.25) is 0 Å². The quantitative estimate of drug-likeness (QED) is 0.783. The Hall–Kier alpha value is -0.840. The molecule has 1 saturated heterocycles. The molecule has 4 heteroatoms. The Morgan fingerprint density at radius 1 is 1.57 bits per heavy atom. The lowest BCUT2D eigenvalue weighted by molar-refractivity contribution is 0.0311. The fourth-order valence-corrected chi connectivity index (χ4v) is 1.53. The normalized spacial score (nSPS) is 21.6. The molecule has 2 N–H and O–H groups in total. The predicted octanol–water partition coefficient (Wildman–Crippen LogP) is 1.04. The van der Waals surface area contributed by atoms with E-state index in [2.05, 4.69) is 0 Å². The van der Waals surface area contributed by atoms with Crippen molar-refractivity contribution in [3.63, 3.8) is 0 Å². The van der Waals surface area contributed by atoms with Gasteiger partial charge in [-0.15, -0.1) is 0 Å². The van der Waals surface area contributed by atoms with Gasteiger partial charge in [-0.1, -0.05) is 0 Å². The molecule has 0 aromatic carbocycles. The summed E-state index contributed by atoms with van der Waals surface area (Å²) in [6.45, 7) is 2.50. The van der Waals surface area contributed by atoms with E-state index in [0.717, 1.165) is 24.4 Å². The van der Waals surface area contributed by atoms with Crippen molar-refractivity contribution in [2.24, 2.45) is 5.73 Å². The summed E-state index contributed by atoms with van der Waals surface area (Å²) in [5, 5.41) is 0. The summed E-state index contributed by atoms with van der Waals surface area (Å²) in [5.74, 6) is 0.809. The molecule has 1 aliphatic heterocycles. The zero-order valence-electron chi connectivity index (χ0n) is 8.07. The third kappa shape index (κ3) is 2.15. The van der Waals surface area contributed by atoms with E-state index in [9.17, 15) is 0 Å². The molecule has 0 aliphatic carbocycles. The molecule has 14 heavy (non-hydrogen) atoms. The van der Waals surface area contributed by atoms with Gasteiger partial charge >= 0.3 is 0 Å². The number of rotatable bonds is 4. The number of nitrogens with two attached hydrogens (primary N) is 1. The molecule has 2 rings (SSSR count). The van der Waals surface area contributed by atoms with Gasteiger partial charge in [-0.3, -0.25) is 0 Å². The Bertz CT molecular complexity index is 279. The van der Waals surface area contributed by atoms with E-state index in [0.29, 0.717) is 19.8 Å². The average Bonchev–Trinajstić information content (AvgIpc) is 2.85. The maximum Gasteiger partial charge on any atom is 0.122 e. The van der Waals surface area contributed by atoms with Crippen LogP contribution in [0.15, 0.2) is 16.7 Å². The third-order valence-corrected chi connectivity index (χ3v) is 2.39. The van der Waals surface area contributed by atoms with Gasteiger partial charge in [0.1, 0.15) is 5.76 Å². The molecular formula is C10H15NO3. The van der Waals surface area contributed by atoms with Crippen molar-refractivity contribution < 1.29 is 13.9 Å². The first-order valence-electron chi connectivity index (χ1n) is 4.85. The fourth-order valence-electron chi connectivity index (χ4n) is 1.53. The summed E-state index contributed by atoms with van der Waals surface area (Å²) >= 11 is 0. The highest BCUT2D eigenvalue weighted by Gasteiger charge is 2.16. The number of ether oxygens (including phenoxy) is 2. The lowest BCUT2D eigenvalue weighted by Crippen LogP contribution is -2.12. The van der Waals surface area contributed by atoms with Gasteiger partial charge in [0.25, 0.3) is 0 Å². The first kappa shape index (κ1) is 9.71. The van der Waals surface area contributed by atoms with E-state index in [4.69, 9.17) is 19.6 Å². The van der Waals surface area contributed by atoms with E-state index < -0.39 is 0 Å². The van der Waals surface area contributed by atoms with E-state index in [1.54, 1.807) is 6.26 Å². The number of furan rings is 1. The SMILES string of the molecule is NCc1occc1COC1CCOC1. The van der Waals surface area contributed by atoms with Crippen molar-refractivity contribution in [2.75, 3.05) is 13.2 Å². The maximum absolute atomic E-state index is 5.65. The first-order valence-corrected chi connectivity index (χ1v) is 4.85. The summed E-state index contributed by atoms with van der Waals surface area (Å²) in [5.41, 5.74) is 6.55. The topological polar surface area (TPSA) is 57.6 Å². The molecule has 0 radical (unpaired) electrons. The van der Waals surface area contributed by atoms with Crippen LogP contribution >= 0.6 is 0 Å². The minimum absolute atomic E-state index is 0.232. The van der Waals surface area contributed by atoms with E-state index in [-0.39, 0.29) is 6.10 Å². The smallest absolute Gasteiger partial charge is 0.122 e. The van der Waals surface area contributed by atoms with Crippen molar-refractivity contribution in [3.05, 3.63) is 23.7 Å². The van der Waals surface area contributed by atoms with Gasteiger partial charge in [0, 0.05) is 12.2 Å². The van der Waals surface area contributed by atoms with Crippen LogP contribution in [0.3, 0.4) is 0 Å². The highest BCUT2D eigenvalue weighted by Crippen LogP contribution is 2.15. The largest absolute Gasteiger partial charge is 0.468 e. The molecule has 78 valence electrons. The summed E-state index contributed by atoms with van der Waals surface area (Å²) in [6, 6.07) is 1.90. The molecule has 0 amide bonds. The Morgan fingerprint density at radius 2 is 2.50 bits per heavy atom. The van der Waals surface area contributed by atoms with Crippen molar-refractivity contribution >= 4 is 0 Å². The Morgan fingerprint density at radius 3 is 3.21 bits per heavy atom. The lowest BCUT2D eigenvalue weighted by atomic mass is 10.2. The highest BCUT2D eigenvalue weighted by molar-refractivity contribution is 5.15. The van der Waals surface area contributed by atoms with Crippen LogP contribution in [-0.2, 0) is 22.6 Å². The van der Waals surface area contributed by atoms with Crippen LogP contribution in [0, 0.1) is 0 Å². The van der Waals surface area contributed by atoms with Crippen molar-refractivity contribution in [1.82, 2.24) is 0 Å². The monoisotopic (exact) mass is 197 g/mol. The summed E-state index contributed by atoms with van der Waals surface area (Å²) in [6.07, 6.45) is 2.86. The highest BCUT2D eigenvalue weighted by atomic mass is 16.5. The summed E-state index contributed by atoms with van der Waals surface area (Å²) in [4.78, 5) is 0. The molecular weight excluding hydrogens is 182 g/mol. The molecule has 1 aliphatic rings. The van der Waals surface area contributed by atoms with Crippen LogP contribution in [0.5, 0.6) is 0 Å². The van der Waals surface area contributed by atoms with Gasteiger partial charge in [-0.2, -0.15) is 0 Å². The van der Waals surface area contributed by atoms with Crippen molar-refractivity contribution in [2.45, 2.75) is 25.7 Å². The average molecular weight is 197 g/mol. The van der Waals surface area contributed by atoms with Gasteiger partial charge < -0.3 is 19.6 Å². The molecule has 1 atom stereocenters. The molecule has 1 unspecified atom stereocenters. The Labute approximate surface area is 83.0 Å². The number of hydrogen-bond donors (Lipinski definition) is 1. The zero-order chi connectivity index (χ0) is 9.80. The van der Waals surface area contributed by atoms with Crippen molar-refractivity contribution in [1.29, 1.82) is 0 Å². The molecule has 1 aromatic heterocycles. The second kappa shape index (κ2) is 4.59. The molecule has 1 aromatic rings. The van der Waals surface area contributed by atoms with Gasteiger partial charge in [-0.05, 0) is 12.5 Å². The van der Waals surface area contributed by atoms with Gasteiger partial charge in [0.15, 0.2) is 0 Å². The van der Waals surface area contributed by atoms with Crippen LogP contribution < -0.4 is 5.73 Å². The van der Waals surface area contributed by atoms with Crippen LogP contribution in [-0.4, -0.2) is 19.3 Å². The molecule has 2 heterocycles. The molecule has 0 bridgehead atoms. The molecule has 1 fully saturated rings. The Balaban J connectivity index is 1.84. The van der Waals surface area contributed by atoms with E-state index >= 15 is 0 Å². The van der Waals surface area contributed by atoms with E-state index in [1.165, 1.54) is 0 Å². The fraction of sp³-hybridized carbons (Fsp3) is 0.600. The standard InChI is InChI=1S/C10H15NO3/c11-5-10-8(1-4-13-10)6-14-9-2-3-12-7-9/h1,4,9H,2-3,5-7,11H2. The molecule has 0 spiro atoms. The van der Waals surface area contributed by atoms with Crippen LogP contribution in [0.4, 0.5) is 0 Å². The molecule has 4 nitrogen and oxygen atoms in total. The third-order valence-electron chi connectivity index (χ3n) is 2.39. The van der Waals surface area contributed by atoms with Crippen LogP contribution in [0.1, 0.15) is 17.7 Å². The predicted molar refractivity (Wildman–Crippen MR) is 50.6 cm³/mol. The van der Waals surface area contributed by atoms with Crippen LogP contribution in [0.2, 0.25) is 0 Å². The van der Waals surface area contributed by atoms with Crippen LogP contribution in [0.25, 0.3) is 0 Å². The first-order chi connectivity index (χ1) is 6.90.